The normalized spacial score (nSPS) is 42.9. The van der Waals surface area contributed by atoms with Crippen LogP contribution in [0.5, 0.6) is 0 Å². The maximum Gasteiger partial charge on any atom is 0.294 e. The predicted molar refractivity (Wildman–Crippen MR) is 89.0 cm³/mol. The number of Topliss-reactive ketones (excluding diaryl/α,β-unsaturated/α-hetero) is 1. The van der Waals surface area contributed by atoms with Crippen LogP contribution < -0.4 is 0 Å². The number of hydrogen-bond acceptors (Lipinski definition) is 5. The lowest BCUT2D eigenvalue weighted by Gasteiger charge is -2.53. The zero-order chi connectivity index (χ0) is 17.8. The molecule has 0 spiro atoms. The van der Waals surface area contributed by atoms with Crippen LogP contribution in [0.25, 0.3) is 0 Å². The Hall–Kier alpha value is -1.72. The Labute approximate surface area is 147 Å². The van der Waals surface area contributed by atoms with Crippen LogP contribution in [0, 0.1) is 39.2 Å². The summed E-state index contributed by atoms with van der Waals surface area (Å²) < 4.78 is 0. The molecule has 25 heavy (non-hydrogen) atoms. The van der Waals surface area contributed by atoms with Gasteiger partial charge in [-0.3, -0.25) is 9.59 Å². The van der Waals surface area contributed by atoms with Crippen molar-refractivity contribution >= 4 is 11.6 Å². The summed E-state index contributed by atoms with van der Waals surface area (Å²) in [6.45, 7) is 2.03. The molecule has 0 aromatic rings. The Morgan fingerprint density at radius 3 is 2.76 bits per heavy atom. The molecule has 0 N–H and O–H groups in total. The maximum absolute atomic E-state index is 12.8. The Bertz CT molecular complexity index is 656. The van der Waals surface area contributed by atoms with Gasteiger partial charge in [0.1, 0.15) is 11.9 Å². The third-order valence-electron chi connectivity index (χ3n) is 7.58. The number of nitrogens with zero attached hydrogens (tertiary/aromatic N) is 1. The van der Waals surface area contributed by atoms with Gasteiger partial charge in [-0.2, -0.15) is 0 Å². The highest BCUT2D eigenvalue weighted by Gasteiger charge is 2.62. The molecule has 3 fully saturated rings. The minimum atomic E-state index is -0.721. The van der Waals surface area contributed by atoms with Gasteiger partial charge in [0.15, 0.2) is 5.78 Å². The first-order valence-corrected chi connectivity index (χ1v) is 9.54. The van der Waals surface area contributed by atoms with Gasteiger partial charge in [-0.15, -0.1) is 10.1 Å². The number of allylic oxidation sites excluding steroid dienone is 1. The largest absolute Gasteiger partial charge is 0.310 e. The summed E-state index contributed by atoms with van der Waals surface area (Å²) in [6, 6.07) is 0. The fourth-order valence-corrected chi connectivity index (χ4v) is 6.62. The van der Waals surface area contributed by atoms with E-state index in [0.29, 0.717) is 24.2 Å². The third kappa shape index (κ3) is 2.44. The molecule has 6 atom stereocenters. The minimum Gasteiger partial charge on any atom is -0.310 e. The Morgan fingerprint density at radius 2 is 2.04 bits per heavy atom. The van der Waals surface area contributed by atoms with Crippen molar-refractivity contribution in [2.24, 2.45) is 29.1 Å². The summed E-state index contributed by atoms with van der Waals surface area (Å²) >= 11 is 0. The van der Waals surface area contributed by atoms with Crippen LogP contribution in [-0.2, 0) is 14.4 Å². The summed E-state index contributed by atoms with van der Waals surface area (Å²) in [6.07, 6.45) is 7.26. The molecule has 3 saturated carbocycles. The van der Waals surface area contributed by atoms with Crippen molar-refractivity contribution in [3.05, 3.63) is 21.8 Å². The quantitative estimate of drug-likeness (QED) is 0.577. The molecule has 0 amide bonds. The summed E-state index contributed by atoms with van der Waals surface area (Å²) in [5.41, 5.74) is 0.839. The summed E-state index contributed by atoms with van der Waals surface area (Å²) in [4.78, 5) is 40.5. The first kappa shape index (κ1) is 16.7. The van der Waals surface area contributed by atoms with Gasteiger partial charge in [-0.25, -0.2) is 0 Å². The van der Waals surface area contributed by atoms with E-state index in [1.807, 2.05) is 13.0 Å². The van der Waals surface area contributed by atoms with Crippen molar-refractivity contribution in [2.75, 3.05) is 0 Å². The lowest BCUT2D eigenvalue weighted by atomic mass is 9.51. The molecule has 0 saturated heterocycles. The summed E-state index contributed by atoms with van der Waals surface area (Å²) in [7, 11) is 0. The van der Waals surface area contributed by atoms with E-state index in [9.17, 15) is 19.7 Å². The van der Waals surface area contributed by atoms with Gasteiger partial charge >= 0.3 is 0 Å². The fraction of sp³-hybridized carbons (Fsp3) is 0.789. The minimum absolute atomic E-state index is 0.0478. The van der Waals surface area contributed by atoms with Crippen molar-refractivity contribution in [3.8, 4) is 0 Å². The molecular formula is C19H25NO5. The van der Waals surface area contributed by atoms with E-state index >= 15 is 0 Å². The van der Waals surface area contributed by atoms with Gasteiger partial charge in [0.05, 0.1) is 0 Å². The molecule has 136 valence electrons. The molecule has 4 aliphatic rings. The van der Waals surface area contributed by atoms with Crippen LogP contribution in [0.4, 0.5) is 0 Å². The van der Waals surface area contributed by atoms with Gasteiger partial charge in [0.2, 0.25) is 0 Å². The zero-order valence-corrected chi connectivity index (χ0v) is 14.6. The number of ketones is 2. The van der Waals surface area contributed by atoms with E-state index < -0.39 is 16.6 Å². The van der Waals surface area contributed by atoms with Gasteiger partial charge in [0, 0.05) is 24.2 Å². The van der Waals surface area contributed by atoms with E-state index in [4.69, 9.17) is 4.84 Å². The van der Waals surface area contributed by atoms with Crippen LogP contribution >= 0.6 is 0 Å². The second-order valence-corrected chi connectivity index (χ2v) is 8.27. The third-order valence-corrected chi connectivity index (χ3v) is 7.58. The van der Waals surface area contributed by atoms with E-state index in [-0.39, 0.29) is 23.9 Å². The predicted octanol–water partition coefficient (Wildman–Crippen LogP) is 3.27. The van der Waals surface area contributed by atoms with Crippen LogP contribution in [-0.4, -0.2) is 22.8 Å². The van der Waals surface area contributed by atoms with Crippen LogP contribution in [0.1, 0.15) is 58.3 Å². The summed E-state index contributed by atoms with van der Waals surface area (Å²) in [5.74, 6) is 1.48. The first-order chi connectivity index (χ1) is 12.0. The molecule has 0 aliphatic heterocycles. The molecule has 0 bridgehead atoms. The van der Waals surface area contributed by atoms with E-state index in [1.165, 1.54) is 5.57 Å². The zero-order valence-electron chi connectivity index (χ0n) is 14.6. The van der Waals surface area contributed by atoms with Gasteiger partial charge in [-0.05, 0) is 62.4 Å². The number of fused-ring (bicyclic) bond motifs is 5. The molecule has 6 heteroatoms. The monoisotopic (exact) mass is 347 g/mol. The molecule has 4 rings (SSSR count). The highest BCUT2D eigenvalue weighted by Crippen LogP contribution is 2.62. The topological polar surface area (TPSA) is 86.5 Å². The van der Waals surface area contributed by atoms with Crippen molar-refractivity contribution in [1.29, 1.82) is 0 Å². The van der Waals surface area contributed by atoms with Gasteiger partial charge < -0.3 is 4.84 Å². The number of carbonyl (C=O) groups is 2. The molecule has 4 aliphatic carbocycles. The molecule has 0 radical (unpaired) electrons. The van der Waals surface area contributed by atoms with Crippen LogP contribution in [0.15, 0.2) is 11.6 Å². The van der Waals surface area contributed by atoms with Gasteiger partial charge in [0.25, 0.3) is 5.09 Å². The van der Waals surface area contributed by atoms with Crippen LogP contribution in [0.2, 0.25) is 0 Å². The average Bonchev–Trinajstić information content (AvgIpc) is 2.86. The van der Waals surface area contributed by atoms with Crippen molar-refractivity contribution in [1.82, 2.24) is 0 Å². The van der Waals surface area contributed by atoms with Gasteiger partial charge in [-0.1, -0.05) is 12.5 Å². The smallest absolute Gasteiger partial charge is 0.294 e. The van der Waals surface area contributed by atoms with Crippen molar-refractivity contribution in [3.63, 3.8) is 0 Å². The Morgan fingerprint density at radius 1 is 1.24 bits per heavy atom. The Kier molecular flexibility index (Phi) is 3.96. The number of carbonyl (C=O) groups excluding carboxylic acids is 2. The molecule has 0 heterocycles. The number of hydrogen-bond donors (Lipinski definition) is 0. The first-order valence-electron chi connectivity index (χ1n) is 9.54. The second kappa shape index (κ2) is 5.92. The standard InChI is InChI=1S/C19H25NO5/c1-2-19-8-7-14-13-6-4-12(21)9-11(13)3-5-15(14)18(19)16(10-17(19)22)25-20(23)24/h9,13-16,18H,2-8,10H2,1H3/t13-,14+,15+,16-,18+,19+/m0/s1. The van der Waals surface area contributed by atoms with E-state index in [2.05, 4.69) is 0 Å². The average molecular weight is 347 g/mol. The number of rotatable bonds is 3. The molecule has 0 unspecified atom stereocenters. The SMILES string of the molecule is CC[C@]12CC[C@H]3[C@@H](CCC4=CC(=O)CC[C@@H]43)[C@@H]1[C@@H](O[N+](=O)[O-])CC2=O. The Balaban J connectivity index is 1.68. The van der Waals surface area contributed by atoms with Crippen molar-refractivity contribution < 1.29 is 19.5 Å². The van der Waals surface area contributed by atoms with Crippen molar-refractivity contribution in [2.45, 2.75) is 64.4 Å². The van der Waals surface area contributed by atoms with E-state index in [0.717, 1.165) is 38.5 Å². The second-order valence-electron chi connectivity index (χ2n) is 8.27. The maximum atomic E-state index is 12.8. The highest BCUT2D eigenvalue weighted by atomic mass is 17.0. The fourth-order valence-electron chi connectivity index (χ4n) is 6.62. The molecule has 6 nitrogen and oxygen atoms in total. The lowest BCUT2D eigenvalue weighted by Crippen LogP contribution is -2.50. The molecule has 0 aromatic heterocycles. The molecule has 0 aromatic carbocycles. The summed E-state index contributed by atoms with van der Waals surface area (Å²) in [5, 5.41) is 10.3. The van der Waals surface area contributed by atoms with E-state index in [1.54, 1.807) is 0 Å². The van der Waals surface area contributed by atoms with Crippen LogP contribution in [0.3, 0.4) is 0 Å². The molecular weight excluding hydrogens is 322 g/mol. The highest BCUT2D eigenvalue weighted by molar-refractivity contribution is 5.91. The lowest BCUT2D eigenvalue weighted by molar-refractivity contribution is -0.770.